The molecule has 0 saturated carbocycles. The van der Waals surface area contributed by atoms with E-state index in [9.17, 15) is 14.0 Å². The van der Waals surface area contributed by atoms with E-state index in [1.165, 1.54) is 38.5 Å². The van der Waals surface area contributed by atoms with E-state index in [0.29, 0.717) is 34.8 Å². The van der Waals surface area contributed by atoms with Crippen molar-refractivity contribution in [2.24, 2.45) is 0 Å². The minimum atomic E-state index is -0.658. The number of ether oxygens (including phenoxy) is 3. The fourth-order valence-electron chi connectivity index (χ4n) is 2.62. The summed E-state index contributed by atoms with van der Waals surface area (Å²) in [6.45, 7) is 0. The Labute approximate surface area is 242 Å². The van der Waals surface area contributed by atoms with Crippen LogP contribution < -0.4 is 14.2 Å². The Kier molecular flexibility index (Phi) is 12.7. The summed E-state index contributed by atoms with van der Waals surface area (Å²) >= 11 is 22.7. The van der Waals surface area contributed by atoms with Gasteiger partial charge in [0.2, 0.25) is 0 Å². The van der Waals surface area contributed by atoms with Crippen LogP contribution in [0.4, 0.5) is 4.39 Å². The third-order valence-electron chi connectivity index (χ3n) is 4.44. The van der Waals surface area contributed by atoms with Gasteiger partial charge < -0.3 is 19.3 Å². The molecule has 2 aromatic heterocycles. The van der Waals surface area contributed by atoms with Gasteiger partial charge in [-0.05, 0) is 42.5 Å². The van der Waals surface area contributed by atoms with Crippen molar-refractivity contribution in [2.75, 3.05) is 14.2 Å². The van der Waals surface area contributed by atoms with Gasteiger partial charge >= 0.3 is 0 Å². The number of aldehydes is 2. The first-order valence-electron chi connectivity index (χ1n) is 10.5. The number of methoxy groups -OCH3 is 2. The maximum atomic E-state index is 12.7. The SMILES string of the molecule is COc1ncccc1O.COc1ncccc1Oc1cc(Cl)c(Cl)cc1C=O.O=Cc1cc(Cl)c(Cl)cc1F. The lowest BCUT2D eigenvalue weighted by Crippen LogP contribution is -1.95. The van der Waals surface area contributed by atoms with Gasteiger partial charge in [-0.1, -0.05) is 46.4 Å². The van der Waals surface area contributed by atoms with Gasteiger partial charge in [-0.2, -0.15) is 0 Å². The number of carbonyl (C=O) groups excluding carboxylic acids is 2. The topological polar surface area (TPSA) is 108 Å². The number of hydrogen-bond acceptors (Lipinski definition) is 8. The van der Waals surface area contributed by atoms with Crippen LogP contribution in [0.1, 0.15) is 20.7 Å². The summed E-state index contributed by atoms with van der Waals surface area (Å²) in [7, 11) is 2.94. The standard InChI is InChI=1S/C13H9Cl2NO3.C7H3Cl2FO.C6H7NO2/c1-18-13-11(3-2-4-16-13)19-12-6-10(15)9(14)5-8(12)7-17;8-5-1-4(3-11)7(10)2-6(5)9;1-9-6-5(8)3-2-4-7-6/h2-7H,1H3;1-3H;2-4,8H,1H3. The molecule has 204 valence electrons. The number of benzene rings is 2. The summed E-state index contributed by atoms with van der Waals surface area (Å²) in [6, 6.07) is 11.6. The van der Waals surface area contributed by atoms with Crippen molar-refractivity contribution in [3.8, 4) is 29.0 Å². The Morgan fingerprint density at radius 1 is 0.744 bits per heavy atom. The molecule has 4 aromatic rings. The molecule has 0 amide bonds. The zero-order chi connectivity index (χ0) is 28.9. The molecule has 1 N–H and O–H groups in total. The highest BCUT2D eigenvalue weighted by molar-refractivity contribution is 6.42. The quantitative estimate of drug-likeness (QED) is 0.173. The van der Waals surface area contributed by atoms with Gasteiger partial charge in [-0.3, -0.25) is 9.59 Å². The molecule has 0 atom stereocenters. The smallest absolute Gasteiger partial charge is 0.257 e. The molecule has 0 aliphatic heterocycles. The Bertz CT molecular complexity index is 1440. The molecule has 4 rings (SSSR count). The summed E-state index contributed by atoms with van der Waals surface area (Å²) in [5.41, 5.74) is 0.208. The first-order valence-corrected chi connectivity index (χ1v) is 12.0. The first kappa shape index (κ1) is 31.6. The van der Waals surface area contributed by atoms with Crippen molar-refractivity contribution in [1.82, 2.24) is 9.97 Å². The van der Waals surface area contributed by atoms with Gasteiger partial charge in [0.15, 0.2) is 24.1 Å². The Hall–Kier alpha value is -3.63. The molecule has 0 aliphatic carbocycles. The second kappa shape index (κ2) is 15.7. The predicted molar refractivity (Wildman–Crippen MR) is 147 cm³/mol. The number of aromatic hydroxyl groups is 1. The highest BCUT2D eigenvalue weighted by atomic mass is 35.5. The third kappa shape index (κ3) is 9.26. The van der Waals surface area contributed by atoms with E-state index in [-0.39, 0.29) is 38.0 Å². The van der Waals surface area contributed by atoms with E-state index in [1.807, 2.05) is 0 Å². The lowest BCUT2D eigenvalue weighted by molar-refractivity contribution is 0.111. The fourth-order valence-corrected chi connectivity index (χ4v) is 3.27. The largest absolute Gasteiger partial charge is 0.503 e. The molecule has 13 heteroatoms. The van der Waals surface area contributed by atoms with Crippen LogP contribution in [-0.2, 0) is 0 Å². The minimum Gasteiger partial charge on any atom is -0.503 e. The maximum absolute atomic E-state index is 12.7. The number of rotatable bonds is 6. The number of pyridine rings is 2. The highest BCUT2D eigenvalue weighted by Gasteiger charge is 2.12. The van der Waals surface area contributed by atoms with E-state index in [4.69, 9.17) is 61.0 Å². The average Bonchev–Trinajstić information content (AvgIpc) is 2.94. The van der Waals surface area contributed by atoms with Crippen molar-refractivity contribution in [3.63, 3.8) is 0 Å². The molecular weight excluding hydrogens is 597 g/mol. The average molecular weight is 616 g/mol. The van der Waals surface area contributed by atoms with Crippen molar-refractivity contribution in [2.45, 2.75) is 0 Å². The molecule has 0 aliphatic rings. The van der Waals surface area contributed by atoms with Crippen molar-refractivity contribution in [1.29, 1.82) is 0 Å². The molecule has 2 heterocycles. The zero-order valence-electron chi connectivity index (χ0n) is 20.2. The van der Waals surface area contributed by atoms with E-state index in [2.05, 4.69) is 14.7 Å². The summed E-state index contributed by atoms with van der Waals surface area (Å²) in [5, 5.41) is 9.79. The summed E-state index contributed by atoms with van der Waals surface area (Å²) in [5.74, 6) is 0.652. The molecule has 0 bridgehead atoms. The molecular formula is C26H19Cl4FN2O6. The minimum absolute atomic E-state index is 0.0694. The van der Waals surface area contributed by atoms with Crippen LogP contribution in [-0.4, -0.2) is 41.9 Å². The Morgan fingerprint density at radius 2 is 1.26 bits per heavy atom. The van der Waals surface area contributed by atoms with Gasteiger partial charge in [0.05, 0.1) is 45.4 Å². The van der Waals surface area contributed by atoms with E-state index < -0.39 is 5.82 Å². The van der Waals surface area contributed by atoms with Gasteiger partial charge in [0, 0.05) is 18.5 Å². The van der Waals surface area contributed by atoms with E-state index in [0.717, 1.165) is 6.07 Å². The Morgan fingerprint density at radius 3 is 1.79 bits per heavy atom. The lowest BCUT2D eigenvalue weighted by Gasteiger charge is -2.11. The number of carbonyl (C=O) groups is 2. The molecule has 0 radical (unpaired) electrons. The first-order chi connectivity index (χ1) is 18.6. The maximum Gasteiger partial charge on any atom is 0.257 e. The van der Waals surface area contributed by atoms with Crippen LogP contribution >= 0.6 is 46.4 Å². The predicted octanol–water partition coefficient (Wildman–Crippen LogP) is 7.74. The van der Waals surface area contributed by atoms with Crippen LogP contribution in [0, 0.1) is 5.82 Å². The van der Waals surface area contributed by atoms with Crippen LogP contribution in [0.3, 0.4) is 0 Å². The molecule has 0 saturated heterocycles. The van der Waals surface area contributed by atoms with Crippen molar-refractivity contribution in [3.05, 3.63) is 98.0 Å². The molecule has 0 spiro atoms. The number of aromatic nitrogens is 2. The molecule has 39 heavy (non-hydrogen) atoms. The summed E-state index contributed by atoms with van der Waals surface area (Å²) in [4.78, 5) is 28.9. The van der Waals surface area contributed by atoms with Gasteiger partial charge in [-0.15, -0.1) is 0 Å². The van der Waals surface area contributed by atoms with Crippen LogP contribution in [0.2, 0.25) is 20.1 Å². The van der Waals surface area contributed by atoms with Gasteiger partial charge in [0.1, 0.15) is 11.6 Å². The van der Waals surface area contributed by atoms with Gasteiger partial charge in [0.25, 0.3) is 11.8 Å². The molecule has 8 nitrogen and oxygen atoms in total. The second-order valence-electron chi connectivity index (χ2n) is 6.97. The summed E-state index contributed by atoms with van der Waals surface area (Å²) < 4.78 is 28.0. The molecule has 2 aromatic carbocycles. The second-order valence-corrected chi connectivity index (χ2v) is 8.60. The number of nitrogens with zero attached hydrogens (tertiary/aromatic N) is 2. The van der Waals surface area contributed by atoms with E-state index in [1.54, 1.807) is 30.6 Å². The third-order valence-corrected chi connectivity index (χ3v) is 5.88. The van der Waals surface area contributed by atoms with Crippen molar-refractivity contribution < 1.29 is 33.3 Å². The number of hydrogen-bond donors (Lipinski definition) is 1. The zero-order valence-corrected chi connectivity index (χ0v) is 23.2. The molecule has 0 fully saturated rings. The van der Waals surface area contributed by atoms with Crippen LogP contribution in [0.5, 0.6) is 29.0 Å². The Balaban J connectivity index is 0.000000226. The van der Waals surface area contributed by atoms with Crippen LogP contribution in [0.25, 0.3) is 0 Å². The summed E-state index contributed by atoms with van der Waals surface area (Å²) in [6.07, 6.45) is 4.15. The monoisotopic (exact) mass is 614 g/mol. The van der Waals surface area contributed by atoms with Gasteiger partial charge in [-0.25, -0.2) is 14.4 Å². The number of halogens is 5. The van der Waals surface area contributed by atoms with Crippen LogP contribution in [0.15, 0.2) is 60.9 Å². The van der Waals surface area contributed by atoms with Crippen molar-refractivity contribution >= 4 is 59.0 Å². The highest BCUT2D eigenvalue weighted by Crippen LogP contribution is 2.35. The lowest BCUT2D eigenvalue weighted by atomic mass is 10.2. The van der Waals surface area contributed by atoms with E-state index >= 15 is 0 Å². The fraction of sp³-hybridized carbons (Fsp3) is 0.0769. The molecule has 0 unspecified atom stereocenters. The normalized spacial score (nSPS) is 9.72.